The summed E-state index contributed by atoms with van der Waals surface area (Å²) < 4.78 is 10.1. The quantitative estimate of drug-likeness (QED) is 0.669. The summed E-state index contributed by atoms with van der Waals surface area (Å²) in [6.45, 7) is 12.1. The van der Waals surface area contributed by atoms with Gasteiger partial charge in [0.1, 0.15) is 0 Å². The minimum Gasteiger partial charge on any atom is -0.465 e. The normalized spacial score (nSPS) is 12.4. The van der Waals surface area contributed by atoms with Gasteiger partial charge in [-0.3, -0.25) is 4.79 Å². The molecule has 0 radical (unpaired) electrons. The molecule has 0 aromatic rings. The number of carbonyl (C=O) groups is 2. The van der Waals surface area contributed by atoms with E-state index < -0.39 is 0 Å². The van der Waals surface area contributed by atoms with E-state index in [0.29, 0.717) is 19.1 Å². The third kappa shape index (κ3) is 7.03. The molecule has 1 amide bonds. The molecular weight excluding hydrogens is 246 g/mol. The van der Waals surface area contributed by atoms with Crippen molar-refractivity contribution in [3.05, 3.63) is 0 Å². The first-order valence-electron chi connectivity index (χ1n) is 6.90. The summed E-state index contributed by atoms with van der Waals surface area (Å²) in [5.74, 6) is 0.0293. The highest BCUT2D eigenvalue weighted by atomic mass is 16.6. The lowest BCUT2D eigenvalue weighted by molar-refractivity contribution is -0.145. The van der Waals surface area contributed by atoms with E-state index in [-0.39, 0.29) is 30.6 Å². The molecule has 0 saturated heterocycles. The Morgan fingerprint density at radius 3 is 2.05 bits per heavy atom. The van der Waals surface area contributed by atoms with Crippen molar-refractivity contribution in [2.75, 3.05) is 13.2 Å². The zero-order valence-corrected chi connectivity index (χ0v) is 12.9. The van der Waals surface area contributed by atoms with E-state index in [1.807, 2.05) is 34.6 Å². The van der Waals surface area contributed by atoms with Gasteiger partial charge in [-0.1, -0.05) is 13.8 Å². The van der Waals surface area contributed by atoms with Crippen LogP contribution < -0.4 is 0 Å². The standard InChI is InChI=1S/C14H27NO4/c1-7-18-14(17)15(11(4)5)12(6)8-13(16)19-9-10(2)3/h10-12H,7-9H2,1-6H3. The minimum atomic E-state index is -0.387. The Morgan fingerprint density at radius 1 is 1.05 bits per heavy atom. The molecule has 0 aliphatic carbocycles. The number of nitrogens with zero attached hydrogens (tertiary/aromatic N) is 1. The van der Waals surface area contributed by atoms with Gasteiger partial charge in [-0.05, 0) is 33.6 Å². The average molecular weight is 273 g/mol. The molecule has 0 heterocycles. The van der Waals surface area contributed by atoms with Gasteiger partial charge in [0.15, 0.2) is 0 Å². The maximum absolute atomic E-state index is 11.8. The highest BCUT2D eigenvalue weighted by molar-refractivity contribution is 5.73. The van der Waals surface area contributed by atoms with Crippen LogP contribution in [0.1, 0.15) is 48.0 Å². The van der Waals surface area contributed by atoms with Gasteiger partial charge in [-0.25, -0.2) is 4.79 Å². The smallest absolute Gasteiger partial charge is 0.410 e. The maximum Gasteiger partial charge on any atom is 0.410 e. The summed E-state index contributed by atoms with van der Waals surface area (Å²) in [4.78, 5) is 25.1. The Morgan fingerprint density at radius 2 is 1.63 bits per heavy atom. The third-order valence-electron chi connectivity index (χ3n) is 2.55. The van der Waals surface area contributed by atoms with Crippen LogP contribution in [0.2, 0.25) is 0 Å². The predicted octanol–water partition coefficient (Wildman–Crippen LogP) is 2.83. The summed E-state index contributed by atoms with van der Waals surface area (Å²) in [6.07, 6.45) is -0.203. The van der Waals surface area contributed by atoms with Crippen molar-refractivity contribution in [2.24, 2.45) is 5.92 Å². The number of rotatable bonds is 7. The first-order valence-corrected chi connectivity index (χ1v) is 6.90. The molecule has 0 aliphatic heterocycles. The van der Waals surface area contributed by atoms with E-state index in [2.05, 4.69) is 0 Å². The second-order valence-corrected chi connectivity index (χ2v) is 5.33. The molecule has 5 nitrogen and oxygen atoms in total. The van der Waals surface area contributed by atoms with Crippen molar-refractivity contribution >= 4 is 12.1 Å². The molecule has 0 bridgehead atoms. The molecule has 0 aromatic heterocycles. The van der Waals surface area contributed by atoms with Crippen LogP contribution in [0.25, 0.3) is 0 Å². The molecule has 0 N–H and O–H groups in total. The second-order valence-electron chi connectivity index (χ2n) is 5.33. The highest BCUT2D eigenvalue weighted by Crippen LogP contribution is 2.12. The molecular formula is C14H27NO4. The number of hydrogen-bond acceptors (Lipinski definition) is 4. The largest absolute Gasteiger partial charge is 0.465 e. The van der Waals surface area contributed by atoms with Crippen LogP contribution in [0.5, 0.6) is 0 Å². The summed E-state index contributed by atoms with van der Waals surface area (Å²) in [5, 5.41) is 0. The fourth-order valence-electron chi connectivity index (χ4n) is 1.76. The van der Waals surface area contributed by atoms with Crippen LogP contribution >= 0.6 is 0 Å². The van der Waals surface area contributed by atoms with Crippen molar-refractivity contribution in [2.45, 2.75) is 60.0 Å². The van der Waals surface area contributed by atoms with Gasteiger partial charge >= 0.3 is 12.1 Å². The van der Waals surface area contributed by atoms with Gasteiger partial charge in [0, 0.05) is 12.1 Å². The van der Waals surface area contributed by atoms with Gasteiger partial charge in [0.2, 0.25) is 0 Å². The molecule has 1 unspecified atom stereocenters. The molecule has 0 fully saturated rings. The van der Waals surface area contributed by atoms with Crippen molar-refractivity contribution in [3.63, 3.8) is 0 Å². The number of carbonyl (C=O) groups excluding carboxylic acids is 2. The van der Waals surface area contributed by atoms with E-state index in [1.165, 1.54) is 0 Å². The number of hydrogen-bond donors (Lipinski definition) is 0. The average Bonchev–Trinajstić information content (AvgIpc) is 2.26. The summed E-state index contributed by atoms with van der Waals surface area (Å²) >= 11 is 0. The van der Waals surface area contributed by atoms with Gasteiger partial charge in [-0.2, -0.15) is 0 Å². The van der Waals surface area contributed by atoms with E-state index >= 15 is 0 Å². The first kappa shape index (κ1) is 17.7. The first-order chi connectivity index (χ1) is 8.79. The fourth-order valence-corrected chi connectivity index (χ4v) is 1.76. The Kier molecular flexibility index (Phi) is 8.19. The molecule has 0 rings (SSSR count). The van der Waals surface area contributed by atoms with Gasteiger partial charge in [0.25, 0.3) is 0 Å². The molecule has 1 atom stereocenters. The number of ether oxygens (including phenoxy) is 2. The monoisotopic (exact) mass is 273 g/mol. The Labute approximate surface area is 116 Å². The molecule has 0 aromatic carbocycles. The summed E-state index contributed by atoms with van der Waals surface area (Å²) in [6, 6.07) is -0.259. The molecule has 5 heteroatoms. The Balaban J connectivity index is 4.44. The van der Waals surface area contributed by atoms with E-state index in [4.69, 9.17) is 9.47 Å². The van der Waals surface area contributed by atoms with Crippen LogP contribution in [-0.4, -0.2) is 42.3 Å². The Bertz CT molecular complexity index is 289. The minimum absolute atomic E-state index is 0.0213. The number of amides is 1. The fraction of sp³-hybridized carbons (Fsp3) is 0.857. The zero-order chi connectivity index (χ0) is 15.0. The van der Waals surface area contributed by atoms with Crippen molar-refractivity contribution in [1.29, 1.82) is 0 Å². The highest BCUT2D eigenvalue weighted by Gasteiger charge is 2.26. The lowest BCUT2D eigenvalue weighted by Gasteiger charge is -2.31. The summed E-state index contributed by atoms with van der Waals surface area (Å²) in [7, 11) is 0. The molecule has 112 valence electrons. The second kappa shape index (κ2) is 8.77. The number of esters is 1. The van der Waals surface area contributed by atoms with Crippen molar-refractivity contribution < 1.29 is 19.1 Å². The predicted molar refractivity (Wildman–Crippen MR) is 73.9 cm³/mol. The van der Waals surface area contributed by atoms with Gasteiger partial charge in [0.05, 0.1) is 19.6 Å². The van der Waals surface area contributed by atoms with E-state index in [9.17, 15) is 9.59 Å². The van der Waals surface area contributed by atoms with Crippen LogP contribution in [0.15, 0.2) is 0 Å². The lowest BCUT2D eigenvalue weighted by Crippen LogP contribution is -2.44. The third-order valence-corrected chi connectivity index (χ3v) is 2.55. The summed E-state index contributed by atoms with van der Waals surface area (Å²) in [5.41, 5.74) is 0. The van der Waals surface area contributed by atoms with Crippen LogP contribution in [0.4, 0.5) is 4.79 Å². The van der Waals surface area contributed by atoms with Crippen LogP contribution in [0.3, 0.4) is 0 Å². The topological polar surface area (TPSA) is 55.8 Å². The Hall–Kier alpha value is -1.26. The van der Waals surface area contributed by atoms with Crippen LogP contribution in [0, 0.1) is 5.92 Å². The van der Waals surface area contributed by atoms with Gasteiger partial charge < -0.3 is 14.4 Å². The van der Waals surface area contributed by atoms with Crippen LogP contribution in [-0.2, 0) is 14.3 Å². The molecule has 0 aliphatic rings. The maximum atomic E-state index is 11.8. The van der Waals surface area contributed by atoms with E-state index in [1.54, 1.807) is 11.8 Å². The molecule has 19 heavy (non-hydrogen) atoms. The zero-order valence-electron chi connectivity index (χ0n) is 12.9. The van der Waals surface area contributed by atoms with E-state index in [0.717, 1.165) is 0 Å². The lowest BCUT2D eigenvalue weighted by atomic mass is 10.1. The van der Waals surface area contributed by atoms with Crippen molar-refractivity contribution in [3.8, 4) is 0 Å². The SMILES string of the molecule is CCOC(=O)N(C(C)C)C(C)CC(=O)OCC(C)C. The molecule has 0 spiro atoms. The molecule has 0 saturated carbocycles. The van der Waals surface area contributed by atoms with Crippen molar-refractivity contribution in [1.82, 2.24) is 4.90 Å². The van der Waals surface area contributed by atoms with Gasteiger partial charge in [-0.15, -0.1) is 0 Å².